The van der Waals surface area contributed by atoms with E-state index in [0.29, 0.717) is 17.2 Å². The van der Waals surface area contributed by atoms with Gasteiger partial charge in [-0.15, -0.1) is 0 Å². The van der Waals surface area contributed by atoms with Gasteiger partial charge in [0.1, 0.15) is 12.0 Å². The molecule has 0 aromatic rings. The van der Waals surface area contributed by atoms with E-state index in [0.717, 1.165) is 4.73 Å². The van der Waals surface area contributed by atoms with E-state index in [4.69, 9.17) is 5.21 Å². The highest BCUT2D eigenvalue weighted by molar-refractivity contribution is 5.52. The first-order valence-electron chi connectivity index (χ1n) is 3.31. The van der Waals surface area contributed by atoms with Crippen LogP contribution in [0.1, 0.15) is 5.69 Å². The lowest BCUT2D eigenvalue weighted by Gasteiger charge is -2.03. The fraction of sp³-hybridized carbons (Fsp3) is 0.167. The van der Waals surface area contributed by atoms with E-state index in [1.807, 2.05) is 0 Å². The maximum Gasteiger partial charge on any atom is 0.347 e. The number of hydrogen-bond donors (Lipinski definition) is 2. The van der Waals surface area contributed by atoms with Crippen LogP contribution in [0, 0.1) is 6.92 Å². The first-order chi connectivity index (χ1) is 5.68. The van der Waals surface area contributed by atoms with E-state index in [1.54, 1.807) is 6.92 Å². The Bertz CT molecular complexity index is 444. The Morgan fingerprint density at radius 3 is 3.17 bits per heavy atom. The summed E-state index contributed by atoms with van der Waals surface area (Å²) >= 11 is 0. The molecule has 12 heavy (non-hydrogen) atoms. The summed E-state index contributed by atoms with van der Waals surface area (Å²) in [6, 6.07) is 0. The molecule has 0 amide bonds. The van der Waals surface area contributed by atoms with Crippen LogP contribution in [0.5, 0.6) is 0 Å². The third-order valence-electron chi connectivity index (χ3n) is 1.66. The molecule has 0 saturated heterocycles. The molecule has 6 heteroatoms. The van der Waals surface area contributed by atoms with Crippen LogP contribution < -0.4 is 5.69 Å². The third kappa shape index (κ3) is 0.777. The standard InChI is InChI=1S/C6H6N4O2/c1-3-4-5(7-2-10(3)12)9-6(11)8-4/h2,12H,1H3,(H,8,11). The van der Waals surface area contributed by atoms with Gasteiger partial charge in [-0.3, -0.25) is 0 Å². The van der Waals surface area contributed by atoms with Crippen molar-refractivity contribution < 1.29 is 5.21 Å². The van der Waals surface area contributed by atoms with Crippen molar-refractivity contribution in [2.45, 2.75) is 6.92 Å². The topological polar surface area (TPSA) is 83.8 Å². The Hall–Kier alpha value is -1.85. The van der Waals surface area contributed by atoms with Crippen LogP contribution in [0.15, 0.2) is 11.1 Å². The molecule has 0 saturated carbocycles. The van der Waals surface area contributed by atoms with Crippen LogP contribution in [-0.4, -0.2) is 24.9 Å². The smallest absolute Gasteiger partial charge is 0.347 e. The summed E-state index contributed by atoms with van der Waals surface area (Å²) in [5.41, 5.74) is 0.520. The summed E-state index contributed by atoms with van der Waals surface area (Å²) in [7, 11) is 0. The summed E-state index contributed by atoms with van der Waals surface area (Å²) in [6.45, 7) is 1.65. The molecule has 0 unspecified atom stereocenters. The maximum atomic E-state index is 10.8. The molecule has 0 aliphatic carbocycles. The highest BCUT2D eigenvalue weighted by atomic mass is 16.5. The Labute approximate surface area is 66.8 Å². The van der Waals surface area contributed by atoms with Gasteiger partial charge < -0.3 is 10.2 Å². The number of fused-ring (bicyclic) bond motifs is 1. The van der Waals surface area contributed by atoms with Crippen LogP contribution in [0.4, 0.5) is 0 Å². The number of hydrogen-bond acceptors (Lipinski definition) is 4. The van der Waals surface area contributed by atoms with Crippen molar-refractivity contribution in [2.24, 2.45) is 0 Å². The summed E-state index contributed by atoms with van der Waals surface area (Å²) < 4.78 is 0.833. The Kier molecular flexibility index (Phi) is 1.18. The highest BCUT2D eigenvalue weighted by Gasteiger charge is 2.13. The van der Waals surface area contributed by atoms with Crippen LogP contribution in [0.3, 0.4) is 0 Å². The van der Waals surface area contributed by atoms with Crippen molar-refractivity contribution >= 4 is 0 Å². The average molecular weight is 166 g/mol. The molecular formula is C6H6N4O2. The number of H-pyrrole nitrogens is 1. The zero-order valence-electron chi connectivity index (χ0n) is 6.27. The van der Waals surface area contributed by atoms with Crippen LogP contribution in [-0.2, 0) is 0 Å². The van der Waals surface area contributed by atoms with Crippen molar-refractivity contribution in [1.82, 2.24) is 19.7 Å². The highest BCUT2D eigenvalue weighted by Crippen LogP contribution is 2.14. The van der Waals surface area contributed by atoms with E-state index < -0.39 is 5.69 Å². The van der Waals surface area contributed by atoms with E-state index in [9.17, 15) is 4.79 Å². The lowest BCUT2D eigenvalue weighted by atomic mass is 10.3. The Morgan fingerprint density at radius 1 is 1.67 bits per heavy atom. The van der Waals surface area contributed by atoms with Gasteiger partial charge in [0.15, 0.2) is 5.82 Å². The molecule has 2 aliphatic rings. The van der Waals surface area contributed by atoms with Crippen molar-refractivity contribution in [3.8, 4) is 11.5 Å². The van der Waals surface area contributed by atoms with Gasteiger partial charge in [0, 0.05) is 0 Å². The monoisotopic (exact) mass is 166 g/mol. The average Bonchev–Trinajstić information content (AvgIpc) is 2.39. The van der Waals surface area contributed by atoms with Crippen molar-refractivity contribution in [3.05, 3.63) is 22.5 Å². The van der Waals surface area contributed by atoms with Crippen LogP contribution in [0.25, 0.3) is 11.5 Å². The molecule has 0 aromatic carbocycles. The molecule has 0 atom stereocenters. The van der Waals surface area contributed by atoms with Gasteiger partial charge >= 0.3 is 5.69 Å². The largest absolute Gasteiger partial charge is 0.427 e. The second-order valence-electron chi connectivity index (χ2n) is 2.42. The molecule has 2 heterocycles. The van der Waals surface area contributed by atoms with Crippen LogP contribution >= 0.6 is 0 Å². The maximum absolute atomic E-state index is 10.8. The molecule has 0 aromatic heterocycles. The predicted molar refractivity (Wildman–Crippen MR) is 39.2 cm³/mol. The minimum absolute atomic E-state index is 0.322. The number of aromatic nitrogens is 4. The van der Waals surface area contributed by atoms with Crippen molar-refractivity contribution in [3.63, 3.8) is 0 Å². The Balaban J connectivity index is 2.89. The van der Waals surface area contributed by atoms with Crippen LogP contribution in [0.2, 0.25) is 0 Å². The Morgan fingerprint density at radius 2 is 2.42 bits per heavy atom. The normalized spacial score (nSPS) is 10.8. The van der Waals surface area contributed by atoms with Gasteiger partial charge in [0.2, 0.25) is 0 Å². The second kappa shape index (κ2) is 2.07. The molecule has 2 aliphatic heterocycles. The first-order valence-corrected chi connectivity index (χ1v) is 3.31. The van der Waals surface area contributed by atoms with Gasteiger partial charge in [0.05, 0.1) is 5.69 Å². The molecule has 0 spiro atoms. The third-order valence-corrected chi connectivity index (χ3v) is 1.66. The fourth-order valence-electron chi connectivity index (χ4n) is 0.999. The predicted octanol–water partition coefficient (Wildman–Crippen LogP) is -0.383. The molecule has 0 bridgehead atoms. The minimum Gasteiger partial charge on any atom is -0.427 e. The summed E-state index contributed by atoms with van der Waals surface area (Å²) in [6.07, 6.45) is 1.19. The second-order valence-corrected chi connectivity index (χ2v) is 2.42. The summed E-state index contributed by atoms with van der Waals surface area (Å²) in [5, 5.41) is 9.13. The number of rotatable bonds is 0. The molecule has 0 fully saturated rings. The number of nitrogens with zero attached hydrogens (tertiary/aromatic N) is 3. The van der Waals surface area contributed by atoms with Crippen molar-refractivity contribution in [2.75, 3.05) is 0 Å². The molecule has 2 rings (SSSR count). The molecule has 6 nitrogen and oxygen atoms in total. The number of aromatic amines is 1. The molecular weight excluding hydrogens is 160 g/mol. The van der Waals surface area contributed by atoms with Gasteiger partial charge in [-0.2, -0.15) is 9.71 Å². The van der Waals surface area contributed by atoms with E-state index in [1.165, 1.54) is 6.33 Å². The quantitative estimate of drug-likeness (QED) is 0.522. The van der Waals surface area contributed by atoms with Gasteiger partial charge in [-0.1, -0.05) is 0 Å². The molecule has 62 valence electrons. The number of nitrogens with one attached hydrogen (secondary N) is 1. The van der Waals surface area contributed by atoms with E-state index >= 15 is 0 Å². The molecule has 2 N–H and O–H groups in total. The van der Waals surface area contributed by atoms with Gasteiger partial charge in [-0.25, -0.2) is 9.78 Å². The fourth-order valence-corrected chi connectivity index (χ4v) is 0.999. The summed E-state index contributed by atoms with van der Waals surface area (Å²) in [5.74, 6) is 0.322. The zero-order chi connectivity index (χ0) is 8.72. The van der Waals surface area contributed by atoms with Gasteiger partial charge in [-0.05, 0) is 6.92 Å². The lowest BCUT2D eigenvalue weighted by molar-refractivity contribution is 0.174. The summed E-state index contributed by atoms with van der Waals surface area (Å²) in [4.78, 5) is 20.5. The zero-order valence-corrected chi connectivity index (χ0v) is 6.27. The lowest BCUT2D eigenvalue weighted by Crippen LogP contribution is -2.03. The van der Waals surface area contributed by atoms with Gasteiger partial charge in [0.25, 0.3) is 0 Å². The van der Waals surface area contributed by atoms with E-state index in [2.05, 4.69) is 15.0 Å². The SMILES string of the molecule is Cc1c2[nH]c(=O)nc-2ncn1O. The molecule has 0 radical (unpaired) electrons. The first kappa shape index (κ1) is 6.84. The van der Waals surface area contributed by atoms with Crippen molar-refractivity contribution in [1.29, 1.82) is 0 Å². The van der Waals surface area contributed by atoms with E-state index in [-0.39, 0.29) is 0 Å². The number of imidazole rings is 1. The minimum atomic E-state index is -0.452.